The van der Waals surface area contributed by atoms with E-state index in [0.29, 0.717) is 82.9 Å². The molecule has 0 bridgehead atoms. The molecule has 4 aliphatic carbocycles. The summed E-state index contributed by atoms with van der Waals surface area (Å²) in [5, 5.41) is 42.3. The van der Waals surface area contributed by atoms with E-state index >= 15 is 17.6 Å². The number of carbonyl (C=O) groups is 2. The Balaban J connectivity index is 1.12. The van der Waals surface area contributed by atoms with E-state index in [4.69, 9.17) is 18.9 Å². The number of benzene rings is 7. The van der Waals surface area contributed by atoms with Crippen molar-refractivity contribution in [2.75, 3.05) is 26.4 Å². The number of hydrogen-bond acceptors (Lipinski definition) is 12. The van der Waals surface area contributed by atoms with Gasteiger partial charge in [-0.2, -0.15) is 21.0 Å². The minimum absolute atomic E-state index is 0.0632. The number of nitrogens with zero attached hydrogens (tertiary/aromatic N) is 4. The van der Waals surface area contributed by atoms with Crippen molar-refractivity contribution in [3.63, 3.8) is 0 Å². The van der Waals surface area contributed by atoms with Crippen LogP contribution < -0.4 is 18.9 Å². The summed E-state index contributed by atoms with van der Waals surface area (Å²) in [6.45, 7) is 19.6. The van der Waals surface area contributed by atoms with Crippen molar-refractivity contribution in [3.8, 4) is 69.5 Å². The summed E-state index contributed by atoms with van der Waals surface area (Å²) in [5.74, 6) is -2.25. The van der Waals surface area contributed by atoms with Crippen LogP contribution in [-0.4, -0.2) is 38.0 Å². The first-order valence-electron chi connectivity index (χ1n) is 40.5. The lowest BCUT2D eigenvalue weighted by atomic mass is 9.68. The van der Waals surface area contributed by atoms with Crippen LogP contribution in [-0.2, 0) is 10.8 Å². The molecule has 0 N–H and O–H groups in total. The van der Waals surface area contributed by atoms with Gasteiger partial charge in [0.25, 0.3) is 0 Å². The van der Waals surface area contributed by atoms with Gasteiger partial charge in [-0.1, -0.05) is 181 Å². The number of nitriles is 4. The summed E-state index contributed by atoms with van der Waals surface area (Å²) < 4.78 is 88.3. The van der Waals surface area contributed by atoms with Gasteiger partial charge in [-0.15, -0.1) is 22.7 Å². The Labute approximate surface area is 675 Å². The van der Waals surface area contributed by atoms with Gasteiger partial charge in [-0.05, 0) is 225 Å². The molecule has 7 aromatic carbocycles. The minimum Gasteiger partial charge on any atom is -0.493 e. The zero-order chi connectivity index (χ0) is 80.5. The average Bonchev–Trinajstić information content (AvgIpc) is 1.50. The van der Waals surface area contributed by atoms with E-state index in [1.54, 1.807) is 12.2 Å². The van der Waals surface area contributed by atoms with E-state index in [1.807, 2.05) is 84.9 Å². The lowest BCUT2D eigenvalue weighted by Crippen LogP contribution is -2.29. The third kappa shape index (κ3) is 15.3. The summed E-state index contributed by atoms with van der Waals surface area (Å²) in [6, 6.07) is 52.7. The molecule has 0 saturated carbocycles. The third-order valence-electron chi connectivity index (χ3n) is 23.7. The number of thiophene rings is 2. The van der Waals surface area contributed by atoms with Crippen LogP contribution in [0.25, 0.3) is 45.6 Å². The van der Waals surface area contributed by atoms with Crippen LogP contribution >= 0.6 is 22.7 Å². The molecule has 114 heavy (non-hydrogen) atoms. The molecule has 0 radical (unpaired) electrons. The summed E-state index contributed by atoms with van der Waals surface area (Å²) in [7, 11) is 0. The number of carbonyl (C=O) groups excluding carboxylic acids is 2. The topological polar surface area (TPSA) is 166 Å². The maximum atomic E-state index is 15.4. The van der Waals surface area contributed by atoms with E-state index in [1.165, 1.54) is 22.7 Å². The van der Waals surface area contributed by atoms with Crippen LogP contribution in [0.3, 0.4) is 0 Å². The molecule has 4 aliphatic rings. The van der Waals surface area contributed by atoms with Crippen LogP contribution in [0.1, 0.15) is 243 Å². The van der Waals surface area contributed by atoms with Gasteiger partial charge >= 0.3 is 0 Å². The van der Waals surface area contributed by atoms with Crippen molar-refractivity contribution in [1.29, 1.82) is 21.0 Å². The number of rotatable bonds is 34. The Hall–Kier alpha value is -10.9. The second kappa shape index (κ2) is 35.7. The number of allylic oxidation sites excluding steroid dienone is 6. The molecule has 0 fully saturated rings. The van der Waals surface area contributed by atoms with Crippen molar-refractivity contribution in [3.05, 3.63) is 266 Å². The predicted molar refractivity (Wildman–Crippen MR) is 446 cm³/mol. The normalized spacial score (nSPS) is 17.2. The first-order valence-corrected chi connectivity index (χ1v) is 42.1. The second-order valence-corrected chi connectivity index (χ2v) is 32.7. The highest BCUT2D eigenvalue weighted by atomic mass is 32.1. The van der Waals surface area contributed by atoms with Gasteiger partial charge < -0.3 is 18.9 Å². The molecule has 4 atom stereocenters. The summed E-state index contributed by atoms with van der Waals surface area (Å²) >= 11 is 2.83. The maximum Gasteiger partial charge on any atom is 0.194 e. The van der Waals surface area contributed by atoms with Crippen LogP contribution in [0.15, 0.2) is 168 Å². The summed E-state index contributed by atoms with van der Waals surface area (Å²) in [4.78, 5) is 32.7. The molecule has 10 nitrogen and oxygen atoms in total. The Kier molecular flexibility index (Phi) is 25.4. The van der Waals surface area contributed by atoms with Gasteiger partial charge in [0.1, 0.15) is 58.4 Å². The predicted octanol–water partition coefficient (Wildman–Crippen LogP) is 25.6. The van der Waals surface area contributed by atoms with Gasteiger partial charge in [0.15, 0.2) is 34.8 Å². The van der Waals surface area contributed by atoms with E-state index in [2.05, 4.69) is 116 Å². The van der Waals surface area contributed by atoms with Crippen molar-refractivity contribution < 1.29 is 46.1 Å². The van der Waals surface area contributed by atoms with Crippen molar-refractivity contribution in [2.24, 2.45) is 23.7 Å². The SMILES string of the molecule is CCCCC(CC)COc1ccc(C2(c3ccc(OCC(CC)CCCC)cc3)c3cc4c(cc3-c3cc(/C=C5\C(=O)c6cc(F)c(F)cc6C5=C(C#N)C#N)sc32)C(c2ccc(OCC(CC)CCCC)cc2)(c2ccc(OCC(CC)CCCC)cc2)c2sc(/C=C3\C(=O)c5cc(F)c(F)cc5C3=C(C#N)C#N)cc2-4)cc1. The van der Waals surface area contributed by atoms with Gasteiger partial charge in [0, 0.05) is 52.9 Å². The zero-order valence-electron chi connectivity index (χ0n) is 66.0. The van der Waals surface area contributed by atoms with Gasteiger partial charge in [0.2, 0.25) is 0 Å². The highest BCUT2D eigenvalue weighted by Gasteiger charge is 2.54. The van der Waals surface area contributed by atoms with Crippen molar-refractivity contribution in [2.45, 2.75) is 169 Å². The number of ketones is 2. The maximum absolute atomic E-state index is 15.4. The van der Waals surface area contributed by atoms with Gasteiger partial charge in [-0.3, -0.25) is 9.59 Å². The number of Topliss-reactive ketones (excluding diaryl/α,β-unsaturated/α-hetero) is 2. The number of halogens is 4. The van der Waals surface area contributed by atoms with Gasteiger partial charge in [-0.25, -0.2) is 17.6 Å². The number of ether oxygens (including phenoxy) is 4. The van der Waals surface area contributed by atoms with Gasteiger partial charge in [0.05, 0.1) is 37.3 Å². The molecule has 0 spiro atoms. The van der Waals surface area contributed by atoms with E-state index in [-0.39, 0.29) is 44.5 Å². The van der Waals surface area contributed by atoms with E-state index < -0.39 is 56.8 Å². The largest absolute Gasteiger partial charge is 0.493 e. The fraction of sp³-hybridized carbons (Fsp3) is 0.347. The molecule has 13 rings (SSSR count). The first kappa shape index (κ1) is 81.1. The summed E-state index contributed by atoms with van der Waals surface area (Å²) in [6.07, 6.45) is 19.8. The molecule has 0 aliphatic heterocycles. The number of unbranched alkanes of at least 4 members (excludes halogenated alkanes) is 4. The first-order chi connectivity index (χ1) is 55.4. The molecule has 4 unspecified atom stereocenters. The Morgan fingerprint density at radius 1 is 0.368 bits per heavy atom. The Morgan fingerprint density at radius 2 is 0.632 bits per heavy atom. The molecular formula is C98H94F4N4O6S2. The molecule has 16 heteroatoms. The van der Waals surface area contributed by atoms with Crippen LogP contribution in [0.2, 0.25) is 0 Å². The Bertz CT molecular complexity index is 4950. The highest BCUT2D eigenvalue weighted by Crippen LogP contribution is 2.66. The van der Waals surface area contributed by atoms with Crippen LogP contribution in [0.5, 0.6) is 23.0 Å². The molecule has 582 valence electrons. The average molecular weight is 1560 g/mol. The van der Waals surface area contributed by atoms with Crippen molar-refractivity contribution >= 4 is 57.5 Å². The van der Waals surface area contributed by atoms with Crippen LogP contribution in [0.4, 0.5) is 17.6 Å². The molecule has 0 amide bonds. The molecular weight excluding hydrogens is 1470 g/mol. The summed E-state index contributed by atoms with van der Waals surface area (Å²) in [5.41, 5.74) is 4.23. The number of hydrogen-bond donors (Lipinski definition) is 0. The highest BCUT2D eigenvalue weighted by molar-refractivity contribution is 7.14. The van der Waals surface area contributed by atoms with Crippen molar-refractivity contribution in [1.82, 2.24) is 0 Å². The molecule has 2 aromatic heterocycles. The fourth-order valence-corrected chi connectivity index (χ4v) is 19.8. The number of fused-ring (bicyclic) bond motifs is 8. The smallest absolute Gasteiger partial charge is 0.194 e. The lowest BCUT2D eigenvalue weighted by Gasteiger charge is -2.35. The van der Waals surface area contributed by atoms with E-state index in [9.17, 15) is 30.6 Å². The Morgan fingerprint density at radius 3 is 0.877 bits per heavy atom. The third-order valence-corrected chi connectivity index (χ3v) is 26.1. The minimum atomic E-state index is -1.25. The monoisotopic (exact) mass is 1560 g/mol. The van der Waals surface area contributed by atoms with E-state index in [0.717, 1.165) is 192 Å². The quantitative estimate of drug-likeness (QED) is 0.0215. The molecule has 0 saturated heterocycles. The second-order valence-electron chi connectivity index (χ2n) is 30.6. The molecule has 2 heterocycles. The fourth-order valence-electron chi connectivity index (χ4n) is 17.0. The molecule has 9 aromatic rings. The zero-order valence-corrected chi connectivity index (χ0v) is 67.7. The lowest BCUT2D eigenvalue weighted by molar-refractivity contribution is 0.103. The van der Waals surface area contributed by atoms with Crippen LogP contribution in [0, 0.1) is 92.3 Å². The standard InChI is InChI=1S/C98H94F4N4O6S2/c1-9-17-21-59(13-5)55-109-69-33-25-65(26-34-69)97(66-27-35-70(36-28-66)110-56-60(14-6)22-18-10-2)85-45-76-82-42-74(44-84-92(64(53-105)54-106)78-48-88(100)90(102)50-80(78)94(84)108)114-96(82)98(67-29-37-71(38-30-67)111-57-61(15-7)23-19-11-3,68-31-39-72(40-32-68)112-58-62(16-8)24-20-12-4)86(76)46-75(85)81-41-73(113-95(81)97)43-83-91(63(51-103)52-104)77-47-87(99)89(101)49-79(77)93(83)107/h25-50,59-62H,9-24,55-58H2,1-8H3/b83-43-,84-44-.